The normalized spacial score (nSPS) is 23.4. The number of aryl methyl sites for hydroxylation is 1. The zero-order valence-electron chi connectivity index (χ0n) is 11.9. The third-order valence-corrected chi connectivity index (χ3v) is 5.97. The summed E-state index contributed by atoms with van der Waals surface area (Å²) in [6.07, 6.45) is 0. The van der Waals surface area contributed by atoms with Gasteiger partial charge in [0, 0.05) is 6.54 Å². The zero-order valence-corrected chi connectivity index (χ0v) is 13.7. The van der Waals surface area contributed by atoms with Gasteiger partial charge in [-0.25, -0.2) is 8.42 Å². The predicted molar refractivity (Wildman–Crippen MR) is 78.2 cm³/mol. The van der Waals surface area contributed by atoms with Crippen LogP contribution in [0.5, 0.6) is 0 Å². The van der Waals surface area contributed by atoms with Crippen LogP contribution in [0.25, 0.3) is 0 Å². The average molecular weight is 299 g/mol. The molecule has 2 atom stereocenters. The molecule has 1 fully saturated rings. The van der Waals surface area contributed by atoms with E-state index in [0.29, 0.717) is 18.0 Å². The highest BCUT2D eigenvalue weighted by Gasteiger charge is 2.45. The summed E-state index contributed by atoms with van der Waals surface area (Å²) < 4.78 is 31.9. The Morgan fingerprint density at radius 1 is 1.26 bits per heavy atom. The molecule has 106 valence electrons. The maximum absolute atomic E-state index is 12.3. The fourth-order valence-electron chi connectivity index (χ4n) is 1.78. The first kappa shape index (κ1) is 14.7. The van der Waals surface area contributed by atoms with Crippen molar-refractivity contribution in [1.29, 1.82) is 0 Å². The number of nitrogens with zero attached hydrogens (tertiary/aromatic N) is 1. The lowest BCUT2D eigenvalue weighted by Gasteiger charge is -2.16. The van der Waals surface area contributed by atoms with Gasteiger partial charge in [-0.3, -0.25) is 0 Å². The van der Waals surface area contributed by atoms with E-state index in [4.69, 9.17) is 4.43 Å². The van der Waals surface area contributed by atoms with Gasteiger partial charge in [-0.05, 0) is 38.7 Å². The summed E-state index contributed by atoms with van der Waals surface area (Å²) in [4.78, 5) is 0.369. The molecule has 1 heterocycles. The van der Waals surface area contributed by atoms with Gasteiger partial charge in [0.05, 0.1) is 17.5 Å². The van der Waals surface area contributed by atoms with Gasteiger partial charge < -0.3 is 4.43 Å². The van der Waals surface area contributed by atoms with E-state index < -0.39 is 18.3 Å². The van der Waals surface area contributed by atoms with Crippen LogP contribution in [0.1, 0.15) is 5.56 Å². The lowest BCUT2D eigenvalue weighted by atomic mass is 10.2. The lowest BCUT2D eigenvalue weighted by Crippen LogP contribution is -2.29. The van der Waals surface area contributed by atoms with Crippen LogP contribution in [0.15, 0.2) is 29.2 Å². The predicted octanol–water partition coefficient (Wildman–Crippen LogP) is 2.22. The first-order valence-corrected chi connectivity index (χ1v) is 11.3. The van der Waals surface area contributed by atoms with E-state index in [1.54, 1.807) is 12.1 Å². The minimum Gasteiger partial charge on any atom is -0.416 e. The number of rotatable bonds is 5. The minimum absolute atomic E-state index is 0.0121. The first-order valence-electron chi connectivity index (χ1n) is 6.43. The van der Waals surface area contributed by atoms with Crippen molar-refractivity contribution in [1.82, 2.24) is 4.31 Å². The number of hydrogen-bond donors (Lipinski definition) is 0. The molecular weight excluding hydrogens is 278 g/mol. The van der Waals surface area contributed by atoms with E-state index in [-0.39, 0.29) is 6.04 Å². The molecule has 2 rings (SSSR count). The van der Waals surface area contributed by atoms with Crippen LogP contribution in [0.2, 0.25) is 19.6 Å². The molecule has 0 bridgehead atoms. The highest BCUT2D eigenvalue weighted by Crippen LogP contribution is 2.29. The molecule has 0 aliphatic carbocycles. The second-order valence-corrected chi connectivity index (χ2v) is 12.4. The van der Waals surface area contributed by atoms with Crippen molar-refractivity contribution in [3.05, 3.63) is 29.8 Å². The largest absolute Gasteiger partial charge is 0.416 e. The van der Waals surface area contributed by atoms with Crippen LogP contribution in [0.3, 0.4) is 0 Å². The minimum atomic E-state index is -3.33. The zero-order chi connectivity index (χ0) is 14.3. The van der Waals surface area contributed by atoms with Gasteiger partial charge in [0.1, 0.15) is 0 Å². The lowest BCUT2D eigenvalue weighted by molar-refractivity contribution is 0.303. The maximum Gasteiger partial charge on any atom is 0.243 e. The molecule has 6 heteroatoms. The van der Waals surface area contributed by atoms with Crippen molar-refractivity contribution in [2.45, 2.75) is 37.5 Å². The molecule has 1 aliphatic rings. The summed E-state index contributed by atoms with van der Waals surface area (Å²) in [7, 11) is -4.91. The highest BCUT2D eigenvalue weighted by molar-refractivity contribution is 7.89. The summed E-state index contributed by atoms with van der Waals surface area (Å²) in [5.74, 6) is 0. The van der Waals surface area contributed by atoms with E-state index >= 15 is 0 Å². The average Bonchev–Trinajstić information content (AvgIpc) is 3.06. The number of benzene rings is 1. The van der Waals surface area contributed by atoms with Gasteiger partial charge in [0.2, 0.25) is 10.0 Å². The van der Waals surface area contributed by atoms with Crippen molar-refractivity contribution in [2.75, 3.05) is 13.2 Å². The van der Waals surface area contributed by atoms with Gasteiger partial charge in [-0.1, -0.05) is 17.7 Å². The summed E-state index contributed by atoms with van der Waals surface area (Å²) in [5, 5.41) is 0. The molecule has 1 saturated heterocycles. The number of sulfonamides is 1. The molecule has 1 aromatic carbocycles. The van der Waals surface area contributed by atoms with Crippen LogP contribution in [0.4, 0.5) is 0 Å². The SMILES string of the molecule is Cc1ccc(S(=O)(=O)N2C[C@@H]2CO[Si](C)(C)C)cc1. The topological polar surface area (TPSA) is 46.4 Å². The van der Waals surface area contributed by atoms with Crippen molar-refractivity contribution in [3.63, 3.8) is 0 Å². The van der Waals surface area contributed by atoms with E-state index in [1.807, 2.05) is 19.1 Å². The van der Waals surface area contributed by atoms with Gasteiger partial charge in [-0.2, -0.15) is 4.31 Å². The highest BCUT2D eigenvalue weighted by atomic mass is 32.2. The van der Waals surface area contributed by atoms with Crippen LogP contribution in [0, 0.1) is 6.92 Å². The van der Waals surface area contributed by atoms with Gasteiger partial charge in [0.15, 0.2) is 8.32 Å². The van der Waals surface area contributed by atoms with Crippen LogP contribution in [-0.2, 0) is 14.4 Å². The van der Waals surface area contributed by atoms with E-state index in [9.17, 15) is 8.42 Å². The van der Waals surface area contributed by atoms with Crippen molar-refractivity contribution in [2.24, 2.45) is 0 Å². The van der Waals surface area contributed by atoms with Gasteiger partial charge >= 0.3 is 0 Å². The monoisotopic (exact) mass is 299 g/mol. The maximum atomic E-state index is 12.3. The van der Waals surface area contributed by atoms with Crippen molar-refractivity contribution >= 4 is 18.3 Å². The Kier molecular flexibility index (Phi) is 3.88. The summed E-state index contributed by atoms with van der Waals surface area (Å²) in [6.45, 7) is 9.34. The Bertz CT molecular complexity index is 548. The number of hydrogen-bond acceptors (Lipinski definition) is 3. The van der Waals surface area contributed by atoms with Crippen molar-refractivity contribution in [3.8, 4) is 0 Å². The Hall–Kier alpha value is -0.693. The summed E-state index contributed by atoms with van der Waals surface area (Å²) in [5.41, 5.74) is 1.06. The first-order chi connectivity index (χ1) is 8.70. The molecule has 4 nitrogen and oxygen atoms in total. The molecule has 19 heavy (non-hydrogen) atoms. The molecule has 1 aromatic rings. The van der Waals surface area contributed by atoms with E-state index in [1.165, 1.54) is 4.31 Å². The standard InChI is InChI=1S/C13H21NO3SSi/c1-11-5-7-13(8-6-11)18(15,16)14-9-12(14)10-17-19(2,3)4/h5-8,12H,9-10H2,1-4H3/t12-,14?/m1/s1. The molecule has 1 unspecified atom stereocenters. The third-order valence-electron chi connectivity index (χ3n) is 3.00. The molecule has 0 N–H and O–H groups in total. The molecule has 0 amide bonds. The van der Waals surface area contributed by atoms with E-state index in [0.717, 1.165) is 5.56 Å². The Labute approximate surface area is 116 Å². The fraction of sp³-hybridized carbons (Fsp3) is 0.538. The second kappa shape index (κ2) is 5.01. The van der Waals surface area contributed by atoms with Crippen molar-refractivity contribution < 1.29 is 12.8 Å². The van der Waals surface area contributed by atoms with E-state index in [2.05, 4.69) is 19.6 Å². The molecular formula is C13H21NO3SSi. The quantitative estimate of drug-likeness (QED) is 0.618. The second-order valence-electron chi connectivity index (χ2n) is 5.96. The van der Waals surface area contributed by atoms with Crippen LogP contribution >= 0.6 is 0 Å². The Morgan fingerprint density at radius 3 is 2.37 bits per heavy atom. The smallest absolute Gasteiger partial charge is 0.243 e. The van der Waals surface area contributed by atoms with Gasteiger partial charge in [0.25, 0.3) is 0 Å². The van der Waals surface area contributed by atoms with Crippen LogP contribution in [-0.4, -0.2) is 40.2 Å². The molecule has 1 aliphatic heterocycles. The van der Waals surface area contributed by atoms with Gasteiger partial charge in [-0.15, -0.1) is 0 Å². The van der Waals surface area contributed by atoms with Crippen LogP contribution < -0.4 is 0 Å². The Balaban J connectivity index is 2.02. The fourth-order valence-corrected chi connectivity index (χ4v) is 4.05. The Morgan fingerprint density at radius 2 is 1.84 bits per heavy atom. The molecule has 0 saturated carbocycles. The summed E-state index contributed by atoms with van der Waals surface area (Å²) in [6, 6.07) is 6.99. The molecule has 0 radical (unpaired) electrons. The third kappa shape index (κ3) is 3.66. The summed E-state index contributed by atoms with van der Waals surface area (Å²) >= 11 is 0. The molecule has 0 aromatic heterocycles. The molecule has 0 spiro atoms.